The fraction of sp³-hybridized carbons (Fsp3) is 0.692. The zero-order valence-electron chi connectivity index (χ0n) is 11.8. The van der Waals surface area contributed by atoms with Crippen molar-refractivity contribution in [3.05, 3.63) is 17.0 Å². The van der Waals surface area contributed by atoms with Crippen LogP contribution in [0.15, 0.2) is 10.6 Å². The molecule has 112 valence electrons. The number of likely N-dealkylation sites (tertiary alicyclic amines) is 1. The van der Waals surface area contributed by atoms with E-state index in [1.54, 1.807) is 11.0 Å². The highest BCUT2D eigenvalue weighted by atomic mass is 35.5. The van der Waals surface area contributed by atoms with Crippen LogP contribution in [-0.4, -0.2) is 65.3 Å². The molecule has 0 aromatic carbocycles. The van der Waals surface area contributed by atoms with Crippen LogP contribution in [0.25, 0.3) is 0 Å². The van der Waals surface area contributed by atoms with E-state index in [0.717, 1.165) is 0 Å². The first-order valence-corrected chi connectivity index (χ1v) is 7.02. The van der Waals surface area contributed by atoms with Crippen LogP contribution in [0.1, 0.15) is 18.6 Å². The summed E-state index contributed by atoms with van der Waals surface area (Å²) in [5, 5.41) is 14.3. The van der Waals surface area contributed by atoms with Gasteiger partial charge >= 0.3 is 0 Å². The highest BCUT2D eigenvalue weighted by Crippen LogP contribution is 2.23. The third kappa shape index (κ3) is 3.94. The SMILES string of the molecule is CN(C)C[C@]1(O)CCN(C(=O)CCc2cc(Cl)no2)C1. The topological polar surface area (TPSA) is 69.8 Å². The minimum atomic E-state index is -0.797. The van der Waals surface area contributed by atoms with E-state index in [1.165, 1.54) is 0 Å². The van der Waals surface area contributed by atoms with E-state index in [2.05, 4.69) is 5.16 Å². The average Bonchev–Trinajstić information content (AvgIpc) is 2.92. The van der Waals surface area contributed by atoms with Crippen molar-refractivity contribution >= 4 is 17.5 Å². The molecule has 2 heterocycles. The van der Waals surface area contributed by atoms with Crippen molar-refractivity contribution in [1.82, 2.24) is 15.0 Å². The molecule has 1 saturated heterocycles. The lowest BCUT2D eigenvalue weighted by Crippen LogP contribution is -2.43. The van der Waals surface area contributed by atoms with E-state index in [9.17, 15) is 9.90 Å². The summed E-state index contributed by atoms with van der Waals surface area (Å²) < 4.78 is 4.96. The number of hydrogen-bond acceptors (Lipinski definition) is 5. The Morgan fingerprint density at radius 3 is 3.00 bits per heavy atom. The number of likely N-dealkylation sites (N-methyl/N-ethyl adjacent to an activating group) is 1. The fourth-order valence-corrected chi connectivity index (χ4v) is 2.74. The summed E-state index contributed by atoms with van der Waals surface area (Å²) in [4.78, 5) is 15.7. The number of rotatable bonds is 5. The number of carbonyl (C=O) groups is 1. The molecule has 20 heavy (non-hydrogen) atoms. The molecule has 0 saturated carbocycles. The second-order valence-corrected chi connectivity index (χ2v) is 6.03. The third-order valence-corrected chi connectivity index (χ3v) is 3.59. The lowest BCUT2D eigenvalue weighted by atomic mass is 10.0. The zero-order chi connectivity index (χ0) is 14.8. The smallest absolute Gasteiger partial charge is 0.223 e. The van der Waals surface area contributed by atoms with Gasteiger partial charge in [-0.05, 0) is 20.5 Å². The number of carbonyl (C=O) groups excluding carboxylic acids is 1. The summed E-state index contributed by atoms with van der Waals surface area (Å²) >= 11 is 5.65. The molecule has 1 aliphatic rings. The maximum Gasteiger partial charge on any atom is 0.223 e. The normalized spacial score (nSPS) is 22.8. The highest BCUT2D eigenvalue weighted by molar-refractivity contribution is 6.29. The predicted molar refractivity (Wildman–Crippen MR) is 74.5 cm³/mol. The average molecular weight is 302 g/mol. The van der Waals surface area contributed by atoms with E-state index in [4.69, 9.17) is 16.1 Å². The minimum Gasteiger partial charge on any atom is -0.387 e. The van der Waals surface area contributed by atoms with Crippen LogP contribution in [0.5, 0.6) is 0 Å². The number of β-amino-alcohol motifs (C(OH)–C–C–N with tert-alkyl or cyclic N) is 1. The Labute approximate surface area is 123 Å². The van der Waals surface area contributed by atoms with Crippen LogP contribution < -0.4 is 0 Å². The summed E-state index contributed by atoms with van der Waals surface area (Å²) in [7, 11) is 3.83. The molecule has 7 heteroatoms. The van der Waals surface area contributed by atoms with Gasteiger partial charge in [0.1, 0.15) is 5.76 Å². The monoisotopic (exact) mass is 301 g/mol. The van der Waals surface area contributed by atoms with Crippen molar-refractivity contribution in [2.24, 2.45) is 0 Å². The first kappa shape index (κ1) is 15.3. The zero-order valence-corrected chi connectivity index (χ0v) is 12.6. The second-order valence-electron chi connectivity index (χ2n) is 5.64. The predicted octanol–water partition coefficient (Wildman–Crippen LogP) is 0.786. The number of amides is 1. The van der Waals surface area contributed by atoms with Gasteiger partial charge < -0.3 is 19.4 Å². The lowest BCUT2D eigenvalue weighted by Gasteiger charge is -2.26. The van der Waals surface area contributed by atoms with Crippen LogP contribution in [0.3, 0.4) is 0 Å². The molecule has 0 aliphatic carbocycles. The molecule has 0 bridgehead atoms. The summed E-state index contributed by atoms with van der Waals surface area (Å²) in [6.07, 6.45) is 1.43. The molecule has 1 aliphatic heterocycles. The Morgan fingerprint density at radius 2 is 2.40 bits per heavy atom. The Bertz CT molecular complexity index is 477. The van der Waals surface area contributed by atoms with Crippen molar-refractivity contribution in [1.29, 1.82) is 0 Å². The van der Waals surface area contributed by atoms with Crippen LogP contribution in [0.2, 0.25) is 5.15 Å². The van der Waals surface area contributed by atoms with Gasteiger partial charge in [0.2, 0.25) is 5.91 Å². The molecule has 1 amide bonds. The maximum atomic E-state index is 12.1. The molecular formula is C13H20ClN3O3. The number of nitrogens with zero attached hydrogens (tertiary/aromatic N) is 3. The molecule has 0 unspecified atom stereocenters. The number of aliphatic hydroxyl groups is 1. The number of halogens is 1. The van der Waals surface area contributed by atoms with Crippen LogP contribution in [0, 0.1) is 0 Å². The quantitative estimate of drug-likeness (QED) is 0.870. The van der Waals surface area contributed by atoms with E-state index >= 15 is 0 Å². The lowest BCUT2D eigenvalue weighted by molar-refractivity contribution is -0.131. The molecule has 0 radical (unpaired) electrons. The van der Waals surface area contributed by atoms with Crippen molar-refractivity contribution < 1.29 is 14.4 Å². The molecule has 1 N–H and O–H groups in total. The van der Waals surface area contributed by atoms with Gasteiger partial charge in [0.15, 0.2) is 5.15 Å². The highest BCUT2D eigenvalue weighted by Gasteiger charge is 2.38. The molecule has 6 nitrogen and oxygen atoms in total. The van der Waals surface area contributed by atoms with Gasteiger partial charge in [-0.3, -0.25) is 4.79 Å². The van der Waals surface area contributed by atoms with Crippen molar-refractivity contribution in [2.45, 2.75) is 24.9 Å². The van der Waals surface area contributed by atoms with Crippen molar-refractivity contribution in [3.63, 3.8) is 0 Å². The van der Waals surface area contributed by atoms with Crippen molar-refractivity contribution in [3.8, 4) is 0 Å². The van der Waals surface area contributed by atoms with Crippen LogP contribution >= 0.6 is 11.6 Å². The molecule has 2 rings (SSSR count). The van der Waals surface area contributed by atoms with Gasteiger partial charge in [0.05, 0.1) is 12.1 Å². The van der Waals surface area contributed by atoms with Crippen LogP contribution in [-0.2, 0) is 11.2 Å². The van der Waals surface area contributed by atoms with Gasteiger partial charge in [-0.15, -0.1) is 0 Å². The number of hydrogen-bond donors (Lipinski definition) is 1. The molecule has 0 spiro atoms. The van der Waals surface area contributed by atoms with E-state index in [0.29, 0.717) is 49.8 Å². The van der Waals surface area contributed by atoms with E-state index in [1.807, 2.05) is 19.0 Å². The first-order chi connectivity index (χ1) is 9.38. The summed E-state index contributed by atoms with van der Waals surface area (Å²) in [6, 6.07) is 1.61. The largest absolute Gasteiger partial charge is 0.387 e. The Kier molecular flexibility index (Phi) is 4.67. The Balaban J connectivity index is 1.82. The van der Waals surface area contributed by atoms with Gasteiger partial charge in [-0.25, -0.2) is 0 Å². The number of aryl methyl sites for hydroxylation is 1. The third-order valence-electron chi connectivity index (χ3n) is 3.41. The molecule has 1 aromatic heterocycles. The minimum absolute atomic E-state index is 0.0206. The van der Waals surface area contributed by atoms with E-state index in [-0.39, 0.29) is 5.91 Å². The van der Waals surface area contributed by atoms with Gasteiger partial charge in [-0.1, -0.05) is 16.8 Å². The van der Waals surface area contributed by atoms with Gasteiger partial charge in [0.25, 0.3) is 0 Å². The summed E-state index contributed by atoms with van der Waals surface area (Å²) in [6.45, 7) is 1.55. The first-order valence-electron chi connectivity index (χ1n) is 6.64. The number of aromatic nitrogens is 1. The Morgan fingerprint density at radius 1 is 1.65 bits per heavy atom. The fourth-order valence-electron chi connectivity index (χ4n) is 2.58. The standard InChI is InChI=1S/C13H20ClN3O3/c1-16(2)8-13(19)5-6-17(9-13)12(18)4-3-10-7-11(14)15-20-10/h7,19H,3-6,8-9H2,1-2H3/t13-/m1/s1. The molecule has 1 atom stereocenters. The Hall–Kier alpha value is -1.11. The van der Waals surface area contributed by atoms with Gasteiger partial charge in [0, 0.05) is 32.0 Å². The van der Waals surface area contributed by atoms with Gasteiger partial charge in [-0.2, -0.15) is 0 Å². The van der Waals surface area contributed by atoms with Crippen molar-refractivity contribution in [2.75, 3.05) is 33.7 Å². The second kappa shape index (κ2) is 6.11. The van der Waals surface area contributed by atoms with Crippen LogP contribution in [0.4, 0.5) is 0 Å². The van der Waals surface area contributed by atoms with E-state index < -0.39 is 5.60 Å². The molecule has 1 aromatic rings. The summed E-state index contributed by atoms with van der Waals surface area (Å²) in [5.41, 5.74) is -0.797. The summed E-state index contributed by atoms with van der Waals surface area (Å²) in [5.74, 6) is 0.623. The molecule has 1 fully saturated rings. The molecular weight excluding hydrogens is 282 g/mol. The maximum absolute atomic E-state index is 12.1.